The summed E-state index contributed by atoms with van der Waals surface area (Å²) in [5.41, 5.74) is 16.1. The number of hydrogen-bond donors (Lipinski definition) is 2. The maximum atomic E-state index is 11.5. The lowest BCUT2D eigenvalue weighted by atomic mass is 9.64. The molecule has 44 heavy (non-hydrogen) atoms. The smallest absolute Gasteiger partial charge is 0.0831 e. The molecule has 2 bridgehead atoms. The average molecular weight is 567 g/mol. The summed E-state index contributed by atoms with van der Waals surface area (Å²) >= 11 is 0. The summed E-state index contributed by atoms with van der Waals surface area (Å²) in [5.74, 6) is 0. The molecule has 0 aromatic heterocycles. The Morgan fingerprint density at radius 2 is 1.61 bits per heavy atom. The Morgan fingerprint density at radius 1 is 0.841 bits per heavy atom. The van der Waals surface area contributed by atoms with Gasteiger partial charge in [0.15, 0.2) is 0 Å². The number of aryl methyl sites for hydroxylation is 1. The van der Waals surface area contributed by atoms with Crippen LogP contribution in [0.1, 0.15) is 24.0 Å². The van der Waals surface area contributed by atoms with Gasteiger partial charge in [-0.1, -0.05) is 103 Å². The molecule has 1 spiro atoms. The molecule has 1 radical (unpaired) electrons. The van der Waals surface area contributed by atoms with Crippen molar-refractivity contribution in [3.63, 3.8) is 0 Å². The Kier molecular flexibility index (Phi) is 5.54. The third-order valence-electron chi connectivity index (χ3n) is 9.86. The van der Waals surface area contributed by atoms with E-state index in [2.05, 4.69) is 140 Å². The SMILES string of the molecule is Cc1ccc2cc(C=C3CC(O)C4=CC5=CC=CC=C(C=C4C34C3=C4[CH]3)C5)ccc2c1-c1ccccc1Nc1ccccc1. The van der Waals surface area contributed by atoms with Crippen molar-refractivity contribution in [2.75, 3.05) is 5.32 Å². The monoisotopic (exact) mass is 566 g/mol. The van der Waals surface area contributed by atoms with E-state index in [4.69, 9.17) is 0 Å². The van der Waals surface area contributed by atoms with Crippen molar-refractivity contribution < 1.29 is 5.11 Å². The Morgan fingerprint density at radius 3 is 2.41 bits per heavy atom. The molecule has 1 atom stereocenters. The molecule has 211 valence electrons. The third kappa shape index (κ3) is 3.91. The first kappa shape index (κ1) is 25.6. The molecule has 0 aliphatic heterocycles. The first-order chi connectivity index (χ1) is 21.6. The Labute approximate surface area is 258 Å². The van der Waals surface area contributed by atoms with Crippen LogP contribution >= 0.6 is 0 Å². The van der Waals surface area contributed by atoms with Gasteiger partial charge in [0.1, 0.15) is 0 Å². The highest BCUT2D eigenvalue weighted by Gasteiger charge is 2.69. The van der Waals surface area contributed by atoms with Crippen molar-refractivity contribution in [2.24, 2.45) is 5.41 Å². The number of anilines is 2. The Balaban J connectivity index is 1.12. The number of aliphatic hydroxyl groups excluding tert-OH is 1. The van der Waals surface area contributed by atoms with Crippen molar-refractivity contribution in [1.29, 1.82) is 0 Å². The van der Waals surface area contributed by atoms with Crippen molar-refractivity contribution in [2.45, 2.75) is 25.9 Å². The van der Waals surface area contributed by atoms with Gasteiger partial charge in [-0.2, -0.15) is 0 Å². The van der Waals surface area contributed by atoms with Crippen LogP contribution in [0.4, 0.5) is 11.4 Å². The van der Waals surface area contributed by atoms with E-state index in [1.165, 1.54) is 66.5 Å². The molecule has 1 fully saturated rings. The Hall–Kier alpha value is -4.92. The molecule has 9 rings (SSSR count). The lowest BCUT2D eigenvalue weighted by Gasteiger charge is -2.40. The highest BCUT2D eigenvalue weighted by molar-refractivity contribution is 6.02. The maximum Gasteiger partial charge on any atom is 0.0831 e. The van der Waals surface area contributed by atoms with E-state index in [1.807, 2.05) is 6.07 Å². The van der Waals surface area contributed by atoms with Gasteiger partial charge >= 0.3 is 0 Å². The van der Waals surface area contributed by atoms with E-state index >= 15 is 0 Å². The van der Waals surface area contributed by atoms with Gasteiger partial charge in [0.2, 0.25) is 0 Å². The van der Waals surface area contributed by atoms with Crippen LogP contribution in [0.2, 0.25) is 0 Å². The zero-order valence-corrected chi connectivity index (χ0v) is 24.6. The molecular formula is C42H32NO. The van der Waals surface area contributed by atoms with Gasteiger partial charge < -0.3 is 10.4 Å². The largest absolute Gasteiger partial charge is 0.388 e. The van der Waals surface area contributed by atoms with E-state index < -0.39 is 6.10 Å². The van der Waals surface area contributed by atoms with Crippen LogP contribution in [0.3, 0.4) is 0 Å². The van der Waals surface area contributed by atoms with Crippen LogP contribution < -0.4 is 5.32 Å². The first-order valence-electron chi connectivity index (χ1n) is 15.5. The quantitative estimate of drug-likeness (QED) is 0.258. The van der Waals surface area contributed by atoms with Crippen LogP contribution in [0.15, 0.2) is 160 Å². The summed E-state index contributed by atoms with van der Waals surface area (Å²) in [6.45, 7) is 2.20. The highest BCUT2D eigenvalue weighted by atomic mass is 16.3. The number of para-hydroxylation sites is 2. The number of rotatable bonds is 4. The second kappa shape index (κ2) is 9.54. The first-order valence-corrected chi connectivity index (χ1v) is 15.5. The molecule has 0 heterocycles. The van der Waals surface area contributed by atoms with Crippen LogP contribution in [0.5, 0.6) is 0 Å². The average Bonchev–Trinajstić information content (AvgIpc) is 3.95. The number of allylic oxidation sites excluding steroid dienone is 10. The van der Waals surface area contributed by atoms with Crippen LogP contribution in [0, 0.1) is 18.8 Å². The Bertz CT molecular complexity index is 2120. The van der Waals surface area contributed by atoms with Gasteiger partial charge in [0.25, 0.3) is 0 Å². The fourth-order valence-corrected chi connectivity index (χ4v) is 7.67. The summed E-state index contributed by atoms with van der Waals surface area (Å²) in [7, 11) is 0. The molecule has 5 aliphatic carbocycles. The number of benzene rings is 4. The van der Waals surface area contributed by atoms with E-state index in [9.17, 15) is 5.11 Å². The summed E-state index contributed by atoms with van der Waals surface area (Å²) in [6.07, 6.45) is 19.0. The van der Waals surface area contributed by atoms with E-state index in [-0.39, 0.29) is 5.41 Å². The predicted molar refractivity (Wildman–Crippen MR) is 182 cm³/mol. The topological polar surface area (TPSA) is 32.3 Å². The summed E-state index contributed by atoms with van der Waals surface area (Å²) in [6, 6.07) is 30.3. The molecule has 2 heteroatoms. The number of fused-ring (bicyclic) bond motifs is 7. The summed E-state index contributed by atoms with van der Waals surface area (Å²) in [5, 5.41) is 17.6. The van der Waals surface area contributed by atoms with Gasteiger partial charge in [-0.05, 0) is 104 Å². The molecular weight excluding hydrogens is 534 g/mol. The molecule has 1 unspecified atom stereocenters. The minimum Gasteiger partial charge on any atom is -0.388 e. The van der Waals surface area contributed by atoms with Crippen LogP contribution in [-0.2, 0) is 0 Å². The number of nitrogens with one attached hydrogen (secondary N) is 1. The molecule has 5 aliphatic rings. The zero-order valence-electron chi connectivity index (χ0n) is 24.6. The molecule has 1 saturated carbocycles. The van der Waals surface area contributed by atoms with Crippen molar-refractivity contribution in [3.8, 4) is 11.1 Å². The molecule has 0 amide bonds. The van der Waals surface area contributed by atoms with Crippen molar-refractivity contribution in [3.05, 3.63) is 178 Å². The number of aliphatic hydroxyl groups is 1. The van der Waals surface area contributed by atoms with Gasteiger partial charge in [-0.15, -0.1) is 0 Å². The highest BCUT2D eigenvalue weighted by Crippen LogP contribution is 2.79. The molecule has 4 aromatic carbocycles. The minimum atomic E-state index is -0.506. The van der Waals surface area contributed by atoms with Gasteiger partial charge in [0.05, 0.1) is 11.5 Å². The van der Waals surface area contributed by atoms with Crippen LogP contribution in [0.25, 0.3) is 28.0 Å². The summed E-state index contributed by atoms with van der Waals surface area (Å²) < 4.78 is 0. The molecule has 2 N–H and O–H groups in total. The normalized spacial score (nSPS) is 21.5. The lowest BCUT2D eigenvalue weighted by molar-refractivity contribution is 0.199. The summed E-state index contributed by atoms with van der Waals surface area (Å²) in [4.78, 5) is 0. The second-order valence-corrected chi connectivity index (χ2v) is 12.6. The minimum absolute atomic E-state index is 0.113. The van der Waals surface area contributed by atoms with Gasteiger partial charge in [0, 0.05) is 29.8 Å². The fraction of sp³-hybridized carbons (Fsp3) is 0.119. The van der Waals surface area contributed by atoms with E-state index in [1.54, 1.807) is 0 Å². The van der Waals surface area contributed by atoms with Gasteiger partial charge in [-0.3, -0.25) is 0 Å². The van der Waals surface area contributed by atoms with Crippen LogP contribution in [-0.4, -0.2) is 11.2 Å². The molecule has 2 nitrogen and oxygen atoms in total. The van der Waals surface area contributed by atoms with E-state index in [0.29, 0.717) is 6.42 Å². The van der Waals surface area contributed by atoms with Crippen molar-refractivity contribution in [1.82, 2.24) is 0 Å². The van der Waals surface area contributed by atoms with Gasteiger partial charge in [-0.25, -0.2) is 0 Å². The maximum absolute atomic E-state index is 11.5. The van der Waals surface area contributed by atoms with E-state index in [0.717, 1.165) is 23.4 Å². The predicted octanol–water partition coefficient (Wildman–Crippen LogP) is 9.90. The third-order valence-corrected chi connectivity index (χ3v) is 9.86. The standard InChI is InChI=1S/C42H32NO/c1-26-15-17-30-20-29(16-18-33(30)41(26)34-13-7-8-14-39(34)43-32-11-3-2-4-12-32)21-31-24-40(44)35-22-27-9-5-6-10-28(19-27)23-36(35)42(31)37-25-38(37)42/h2-18,20-23,25,40,43-44H,19,24H2,1H3. The second-order valence-electron chi connectivity index (χ2n) is 12.6. The lowest BCUT2D eigenvalue weighted by Crippen LogP contribution is -2.33. The number of hydrogen-bond acceptors (Lipinski definition) is 2. The molecule has 0 saturated heterocycles. The fourth-order valence-electron chi connectivity index (χ4n) is 7.67. The van der Waals surface area contributed by atoms with Crippen molar-refractivity contribution >= 4 is 28.2 Å². The molecule has 4 aromatic rings. The zero-order chi connectivity index (χ0) is 29.4.